The highest BCUT2D eigenvalue weighted by atomic mass is 19.1. The maximum atomic E-state index is 13.3. The summed E-state index contributed by atoms with van der Waals surface area (Å²) in [7, 11) is 0. The molecule has 1 aromatic rings. The molecule has 1 saturated carbocycles. The maximum absolute atomic E-state index is 13.3. The molecular formula is C15H21FN2O. The molecule has 19 heavy (non-hydrogen) atoms. The average molecular weight is 264 g/mol. The number of amides is 1. The van der Waals surface area contributed by atoms with Crippen molar-refractivity contribution >= 4 is 5.91 Å². The largest absolute Gasteiger partial charge is 0.351 e. The zero-order chi connectivity index (χ0) is 13.7. The van der Waals surface area contributed by atoms with Crippen LogP contribution in [0.4, 0.5) is 4.39 Å². The SMILES string of the molecule is Cc1ccc(CNC(=O)CNC2CCCC2)cc1F. The predicted molar refractivity (Wildman–Crippen MR) is 73.2 cm³/mol. The zero-order valence-corrected chi connectivity index (χ0v) is 11.3. The second kappa shape index (κ2) is 6.66. The molecule has 1 fully saturated rings. The molecule has 1 aliphatic rings. The van der Waals surface area contributed by atoms with Gasteiger partial charge in [0.15, 0.2) is 0 Å². The second-order valence-corrected chi connectivity index (χ2v) is 5.22. The van der Waals surface area contributed by atoms with Crippen LogP contribution in [0, 0.1) is 12.7 Å². The first-order valence-corrected chi connectivity index (χ1v) is 6.90. The van der Waals surface area contributed by atoms with Crippen LogP contribution in [0.5, 0.6) is 0 Å². The first-order chi connectivity index (χ1) is 9.15. The van der Waals surface area contributed by atoms with Gasteiger partial charge in [0.05, 0.1) is 6.54 Å². The van der Waals surface area contributed by atoms with E-state index < -0.39 is 0 Å². The number of halogens is 1. The molecule has 104 valence electrons. The van der Waals surface area contributed by atoms with Gasteiger partial charge < -0.3 is 10.6 Å². The lowest BCUT2D eigenvalue weighted by molar-refractivity contribution is -0.120. The first-order valence-electron chi connectivity index (χ1n) is 6.90. The van der Waals surface area contributed by atoms with Crippen LogP contribution >= 0.6 is 0 Å². The lowest BCUT2D eigenvalue weighted by atomic mass is 10.1. The van der Waals surface area contributed by atoms with Crippen molar-refractivity contribution in [2.24, 2.45) is 0 Å². The van der Waals surface area contributed by atoms with Crippen LogP contribution in [0.25, 0.3) is 0 Å². The molecular weight excluding hydrogens is 243 g/mol. The van der Waals surface area contributed by atoms with Gasteiger partial charge in [0.2, 0.25) is 5.91 Å². The minimum atomic E-state index is -0.226. The third kappa shape index (κ3) is 4.31. The van der Waals surface area contributed by atoms with E-state index in [0.29, 0.717) is 24.7 Å². The van der Waals surface area contributed by atoms with Crippen LogP contribution in [0.2, 0.25) is 0 Å². The normalized spacial score (nSPS) is 15.7. The van der Waals surface area contributed by atoms with Crippen molar-refractivity contribution in [3.8, 4) is 0 Å². The summed E-state index contributed by atoms with van der Waals surface area (Å²) >= 11 is 0. The summed E-state index contributed by atoms with van der Waals surface area (Å²) in [5.74, 6) is -0.260. The summed E-state index contributed by atoms with van der Waals surface area (Å²) < 4.78 is 13.3. The maximum Gasteiger partial charge on any atom is 0.234 e. The molecule has 2 N–H and O–H groups in total. The van der Waals surface area contributed by atoms with E-state index in [2.05, 4.69) is 10.6 Å². The van der Waals surface area contributed by atoms with E-state index in [1.54, 1.807) is 13.0 Å². The van der Waals surface area contributed by atoms with Gasteiger partial charge in [-0.1, -0.05) is 25.0 Å². The fourth-order valence-corrected chi connectivity index (χ4v) is 2.38. The minimum absolute atomic E-state index is 0.0344. The number of benzene rings is 1. The van der Waals surface area contributed by atoms with Crippen LogP contribution in [-0.4, -0.2) is 18.5 Å². The van der Waals surface area contributed by atoms with Gasteiger partial charge in [-0.2, -0.15) is 0 Å². The zero-order valence-electron chi connectivity index (χ0n) is 11.3. The summed E-state index contributed by atoms with van der Waals surface area (Å²) in [6, 6.07) is 5.53. The standard InChI is InChI=1S/C15H21FN2O/c1-11-6-7-12(8-14(11)16)9-18-15(19)10-17-13-4-2-3-5-13/h6-8,13,17H,2-5,9-10H2,1H3,(H,18,19). The summed E-state index contributed by atoms with van der Waals surface area (Å²) in [5, 5.41) is 6.05. The van der Waals surface area contributed by atoms with Crippen molar-refractivity contribution < 1.29 is 9.18 Å². The molecule has 1 amide bonds. The van der Waals surface area contributed by atoms with E-state index in [0.717, 1.165) is 18.4 Å². The van der Waals surface area contributed by atoms with Crippen molar-refractivity contribution in [1.29, 1.82) is 0 Å². The Hall–Kier alpha value is -1.42. The Morgan fingerprint density at radius 2 is 2.11 bits per heavy atom. The molecule has 3 nitrogen and oxygen atoms in total. The fourth-order valence-electron chi connectivity index (χ4n) is 2.38. The monoisotopic (exact) mass is 264 g/mol. The minimum Gasteiger partial charge on any atom is -0.351 e. The third-order valence-corrected chi connectivity index (χ3v) is 3.63. The van der Waals surface area contributed by atoms with Gasteiger partial charge in [-0.25, -0.2) is 4.39 Å². The Labute approximate surface area is 113 Å². The van der Waals surface area contributed by atoms with Crippen molar-refractivity contribution in [3.63, 3.8) is 0 Å². The van der Waals surface area contributed by atoms with Crippen molar-refractivity contribution in [1.82, 2.24) is 10.6 Å². The molecule has 0 bridgehead atoms. The molecule has 0 saturated heterocycles. The van der Waals surface area contributed by atoms with E-state index in [1.807, 2.05) is 6.07 Å². The smallest absolute Gasteiger partial charge is 0.234 e. The van der Waals surface area contributed by atoms with Gasteiger partial charge >= 0.3 is 0 Å². The predicted octanol–water partition coefficient (Wildman–Crippen LogP) is 2.28. The number of aryl methyl sites for hydroxylation is 1. The number of carbonyl (C=O) groups excluding carboxylic acids is 1. The highest BCUT2D eigenvalue weighted by Gasteiger charge is 2.15. The highest BCUT2D eigenvalue weighted by Crippen LogP contribution is 2.17. The van der Waals surface area contributed by atoms with E-state index in [9.17, 15) is 9.18 Å². The molecule has 1 aliphatic carbocycles. The summed E-state index contributed by atoms with van der Waals surface area (Å²) in [6.45, 7) is 2.45. The Morgan fingerprint density at radius 3 is 2.79 bits per heavy atom. The molecule has 1 aromatic carbocycles. The average Bonchev–Trinajstić information content (AvgIpc) is 2.91. The summed E-state index contributed by atoms with van der Waals surface area (Å²) in [4.78, 5) is 11.7. The summed E-state index contributed by atoms with van der Waals surface area (Å²) in [6.07, 6.45) is 4.83. The lowest BCUT2D eigenvalue weighted by Gasteiger charge is -2.12. The molecule has 2 rings (SSSR count). The number of nitrogens with one attached hydrogen (secondary N) is 2. The van der Waals surface area contributed by atoms with Gasteiger partial charge in [0.25, 0.3) is 0 Å². The lowest BCUT2D eigenvalue weighted by Crippen LogP contribution is -2.37. The molecule has 0 heterocycles. The van der Waals surface area contributed by atoms with Crippen molar-refractivity contribution in [3.05, 3.63) is 35.1 Å². The molecule has 4 heteroatoms. The Bertz CT molecular complexity index is 442. The van der Waals surface area contributed by atoms with Crippen LogP contribution in [0.15, 0.2) is 18.2 Å². The molecule has 0 spiro atoms. The van der Waals surface area contributed by atoms with E-state index in [-0.39, 0.29) is 11.7 Å². The molecule has 0 atom stereocenters. The van der Waals surface area contributed by atoms with Gasteiger partial charge in [-0.15, -0.1) is 0 Å². The fraction of sp³-hybridized carbons (Fsp3) is 0.533. The van der Waals surface area contributed by atoms with Gasteiger partial charge in [0.1, 0.15) is 5.82 Å². The van der Waals surface area contributed by atoms with Gasteiger partial charge in [0, 0.05) is 12.6 Å². The van der Waals surface area contributed by atoms with Crippen molar-refractivity contribution in [2.75, 3.05) is 6.54 Å². The Morgan fingerprint density at radius 1 is 1.37 bits per heavy atom. The molecule has 0 unspecified atom stereocenters. The van der Waals surface area contributed by atoms with Gasteiger partial charge in [-0.3, -0.25) is 4.79 Å². The van der Waals surface area contributed by atoms with E-state index in [4.69, 9.17) is 0 Å². The first kappa shape index (κ1) is 14.0. The van der Waals surface area contributed by atoms with Crippen LogP contribution in [0.3, 0.4) is 0 Å². The Balaban J connectivity index is 1.71. The highest BCUT2D eigenvalue weighted by molar-refractivity contribution is 5.78. The number of hydrogen-bond donors (Lipinski definition) is 2. The number of hydrogen-bond acceptors (Lipinski definition) is 2. The number of rotatable bonds is 5. The van der Waals surface area contributed by atoms with E-state index >= 15 is 0 Å². The quantitative estimate of drug-likeness (QED) is 0.856. The topological polar surface area (TPSA) is 41.1 Å². The summed E-state index contributed by atoms with van der Waals surface area (Å²) in [5.41, 5.74) is 1.41. The molecule has 0 aromatic heterocycles. The van der Waals surface area contributed by atoms with Crippen LogP contribution < -0.4 is 10.6 Å². The molecule has 0 radical (unpaired) electrons. The van der Waals surface area contributed by atoms with Crippen LogP contribution in [0.1, 0.15) is 36.8 Å². The van der Waals surface area contributed by atoms with Crippen LogP contribution in [-0.2, 0) is 11.3 Å². The Kier molecular flexibility index (Phi) is 4.91. The van der Waals surface area contributed by atoms with E-state index in [1.165, 1.54) is 18.9 Å². The molecule has 0 aliphatic heterocycles. The number of carbonyl (C=O) groups is 1. The third-order valence-electron chi connectivity index (χ3n) is 3.63. The van der Waals surface area contributed by atoms with Gasteiger partial charge in [-0.05, 0) is 37.0 Å². The van der Waals surface area contributed by atoms with Crippen molar-refractivity contribution in [2.45, 2.75) is 45.2 Å². The second-order valence-electron chi connectivity index (χ2n) is 5.22.